The minimum absolute atomic E-state index is 0.377. The monoisotopic (exact) mass is 1060 g/mol. The molecule has 0 aliphatic heterocycles. The summed E-state index contributed by atoms with van der Waals surface area (Å²) in [5.41, 5.74) is 0. The smallest absolute Gasteiger partial charge is 0.249 e. The van der Waals surface area contributed by atoms with Crippen LogP contribution in [0, 0.1) is 0 Å². The van der Waals surface area contributed by atoms with E-state index in [0.29, 0.717) is 12.8 Å². The van der Waals surface area contributed by atoms with E-state index >= 15 is 0 Å². The molecule has 0 aromatic carbocycles. The number of hydrogen-bond acceptors (Lipinski definition) is 5. The van der Waals surface area contributed by atoms with Crippen LogP contribution in [0.1, 0.15) is 406 Å². The molecule has 0 radical (unpaired) electrons. The van der Waals surface area contributed by atoms with Crippen LogP contribution in [-0.2, 0) is 4.79 Å². The number of aliphatic hydroxyl groups is 4. The molecular weight excluding hydrogens is 923 g/mol. The Morgan fingerprint density at radius 3 is 0.640 bits per heavy atom. The second-order valence-corrected chi connectivity index (χ2v) is 24.6. The number of carbonyl (C=O) groups is 1. The van der Waals surface area contributed by atoms with Crippen LogP contribution in [0.15, 0.2) is 0 Å². The van der Waals surface area contributed by atoms with Crippen molar-refractivity contribution >= 4 is 5.91 Å². The summed E-state index contributed by atoms with van der Waals surface area (Å²) in [6.45, 7) is 4.12. The Kier molecular flexibility index (Phi) is 63.5. The number of rotatable bonds is 66. The maximum atomic E-state index is 12.7. The van der Waals surface area contributed by atoms with Crippen LogP contribution >= 0.6 is 0 Å². The normalized spacial score (nSPS) is 13.4. The summed E-state index contributed by atoms with van der Waals surface area (Å²) >= 11 is 0. The first kappa shape index (κ1) is 74.3. The molecule has 6 nitrogen and oxygen atoms in total. The molecule has 0 saturated carbocycles. The van der Waals surface area contributed by atoms with E-state index in [4.69, 9.17) is 0 Å². The lowest BCUT2D eigenvalue weighted by Crippen LogP contribution is -2.53. The molecule has 0 saturated heterocycles. The number of hydrogen-bond donors (Lipinski definition) is 5. The van der Waals surface area contributed by atoms with Gasteiger partial charge in [-0.05, 0) is 12.8 Å². The number of carbonyl (C=O) groups excluding carboxylic acids is 1. The lowest BCUT2D eigenvalue weighted by Gasteiger charge is -2.27. The number of nitrogens with one attached hydrogen (secondary N) is 1. The molecule has 4 atom stereocenters. The summed E-state index contributed by atoms with van der Waals surface area (Å²) in [6.07, 6.45) is 78.1. The molecule has 75 heavy (non-hydrogen) atoms. The third-order valence-electron chi connectivity index (χ3n) is 17.1. The summed E-state index contributed by atoms with van der Waals surface area (Å²) in [4.78, 5) is 12.7. The first-order chi connectivity index (χ1) is 37.0. The molecule has 0 aliphatic rings. The largest absolute Gasteiger partial charge is 0.394 e. The second-order valence-electron chi connectivity index (χ2n) is 24.6. The van der Waals surface area contributed by atoms with Crippen molar-refractivity contribution in [1.82, 2.24) is 5.32 Å². The van der Waals surface area contributed by atoms with Crippen molar-refractivity contribution in [2.45, 2.75) is 430 Å². The zero-order valence-electron chi connectivity index (χ0n) is 51.3. The van der Waals surface area contributed by atoms with Crippen molar-refractivity contribution in [3.63, 3.8) is 0 Å². The second kappa shape index (κ2) is 64.1. The Balaban J connectivity index is 3.48. The topological polar surface area (TPSA) is 110 Å². The molecular formula is C69H139NO5. The van der Waals surface area contributed by atoms with Gasteiger partial charge in [-0.25, -0.2) is 0 Å². The lowest BCUT2D eigenvalue weighted by atomic mass is 9.99. The average molecular weight is 1060 g/mol. The van der Waals surface area contributed by atoms with Gasteiger partial charge in [-0.1, -0.05) is 393 Å². The van der Waals surface area contributed by atoms with Gasteiger partial charge in [0.05, 0.1) is 18.8 Å². The first-order valence-electron chi connectivity index (χ1n) is 34.9. The predicted molar refractivity (Wildman–Crippen MR) is 330 cm³/mol. The zero-order chi connectivity index (χ0) is 54.4. The summed E-state index contributed by atoms with van der Waals surface area (Å²) in [7, 11) is 0. The minimum Gasteiger partial charge on any atom is -0.394 e. The van der Waals surface area contributed by atoms with E-state index in [9.17, 15) is 25.2 Å². The minimum atomic E-state index is -1.26. The lowest BCUT2D eigenvalue weighted by molar-refractivity contribution is -0.132. The molecule has 0 fully saturated rings. The van der Waals surface area contributed by atoms with Crippen molar-refractivity contribution in [3.05, 3.63) is 0 Å². The highest BCUT2D eigenvalue weighted by Gasteiger charge is 2.28. The van der Waals surface area contributed by atoms with Crippen LogP contribution < -0.4 is 5.32 Å². The number of amides is 1. The molecule has 0 heterocycles. The van der Waals surface area contributed by atoms with E-state index in [1.54, 1.807) is 0 Å². The molecule has 4 unspecified atom stereocenters. The van der Waals surface area contributed by atoms with Gasteiger partial charge in [0.25, 0.3) is 0 Å². The average Bonchev–Trinajstić information content (AvgIpc) is 3.42. The van der Waals surface area contributed by atoms with Crippen molar-refractivity contribution in [2.75, 3.05) is 6.61 Å². The van der Waals surface area contributed by atoms with E-state index in [1.807, 2.05) is 0 Å². The van der Waals surface area contributed by atoms with Gasteiger partial charge in [0.2, 0.25) is 5.91 Å². The van der Waals surface area contributed by atoms with E-state index in [-0.39, 0.29) is 0 Å². The highest BCUT2D eigenvalue weighted by Crippen LogP contribution is 2.20. The molecule has 0 spiro atoms. The molecule has 450 valence electrons. The molecule has 0 aromatic rings. The first-order valence-corrected chi connectivity index (χ1v) is 34.9. The molecule has 1 amide bonds. The van der Waals surface area contributed by atoms with E-state index in [0.717, 1.165) is 38.5 Å². The van der Waals surface area contributed by atoms with Crippen LogP contribution in [0.2, 0.25) is 0 Å². The van der Waals surface area contributed by atoms with Gasteiger partial charge >= 0.3 is 0 Å². The van der Waals surface area contributed by atoms with Crippen LogP contribution in [-0.4, -0.2) is 57.3 Å². The Bertz CT molecular complexity index is 1060. The number of unbranched alkanes of at least 4 members (excludes halogenated alkanes) is 57. The van der Waals surface area contributed by atoms with E-state index < -0.39 is 36.9 Å². The SMILES string of the molecule is CCCCCCCCCCCCCCCCCCCCCCCCCCCCCCCCCCCCCCC(O)C(=O)NC(CO)C(O)C(O)CCCCCCCCCCCCCCCCCCCCCCCCC. The highest BCUT2D eigenvalue weighted by atomic mass is 16.3. The fourth-order valence-corrected chi connectivity index (χ4v) is 11.6. The summed E-state index contributed by atoms with van der Waals surface area (Å²) < 4.78 is 0. The van der Waals surface area contributed by atoms with Crippen molar-refractivity contribution in [1.29, 1.82) is 0 Å². The van der Waals surface area contributed by atoms with Gasteiger partial charge in [-0.2, -0.15) is 0 Å². The summed E-state index contributed by atoms with van der Waals surface area (Å²) in [6, 6.07) is -0.982. The third-order valence-corrected chi connectivity index (χ3v) is 17.1. The Morgan fingerprint density at radius 2 is 0.453 bits per heavy atom. The van der Waals surface area contributed by atoms with Gasteiger partial charge in [0.1, 0.15) is 12.2 Å². The van der Waals surface area contributed by atoms with Crippen LogP contribution in [0.4, 0.5) is 0 Å². The van der Waals surface area contributed by atoms with Gasteiger partial charge in [0.15, 0.2) is 0 Å². The Morgan fingerprint density at radius 1 is 0.280 bits per heavy atom. The third kappa shape index (κ3) is 57.8. The zero-order valence-corrected chi connectivity index (χ0v) is 51.3. The van der Waals surface area contributed by atoms with Gasteiger partial charge in [-0.15, -0.1) is 0 Å². The predicted octanol–water partition coefficient (Wildman–Crippen LogP) is 21.4. The Hall–Kier alpha value is -0.690. The maximum Gasteiger partial charge on any atom is 0.249 e. The van der Waals surface area contributed by atoms with Gasteiger partial charge in [0, 0.05) is 0 Å². The van der Waals surface area contributed by atoms with E-state index in [2.05, 4.69) is 19.2 Å². The molecule has 0 aromatic heterocycles. The quantitative estimate of drug-likeness (QED) is 0.0390. The molecule has 6 heteroatoms. The van der Waals surface area contributed by atoms with E-state index in [1.165, 1.54) is 340 Å². The van der Waals surface area contributed by atoms with Crippen molar-refractivity contribution in [2.24, 2.45) is 0 Å². The van der Waals surface area contributed by atoms with Gasteiger partial charge < -0.3 is 25.7 Å². The van der Waals surface area contributed by atoms with Crippen LogP contribution in [0.3, 0.4) is 0 Å². The molecule has 5 N–H and O–H groups in total. The van der Waals surface area contributed by atoms with Crippen molar-refractivity contribution in [3.8, 4) is 0 Å². The molecule has 0 bridgehead atoms. The summed E-state index contributed by atoms with van der Waals surface area (Å²) in [5, 5.41) is 44.2. The van der Waals surface area contributed by atoms with Gasteiger partial charge in [-0.3, -0.25) is 4.79 Å². The number of aliphatic hydroxyl groups excluding tert-OH is 4. The Labute approximate surface area is 470 Å². The fraction of sp³-hybridized carbons (Fsp3) is 0.986. The maximum absolute atomic E-state index is 12.7. The standard InChI is InChI=1S/C69H139NO5/c1-3-5-7-9-11-13-15-17-19-21-23-25-27-28-29-30-31-32-33-34-35-36-37-38-39-41-43-45-47-49-51-53-55-57-59-61-63-67(73)69(75)70-65(64-71)68(74)66(72)62-60-58-56-54-52-50-48-46-44-42-40-26-24-22-20-18-16-14-12-10-8-6-4-2/h65-68,71-74H,3-64H2,1-2H3,(H,70,75). The van der Waals surface area contributed by atoms with Crippen LogP contribution in [0.5, 0.6) is 0 Å². The van der Waals surface area contributed by atoms with Crippen LogP contribution in [0.25, 0.3) is 0 Å². The highest BCUT2D eigenvalue weighted by molar-refractivity contribution is 5.80. The fourth-order valence-electron chi connectivity index (χ4n) is 11.6. The molecule has 0 aliphatic carbocycles. The summed E-state index contributed by atoms with van der Waals surface area (Å²) in [5.74, 6) is -0.573. The molecule has 0 rings (SSSR count). The van der Waals surface area contributed by atoms with Crippen molar-refractivity contribution < 1.29 is 25.2 Å².